The highest BCUT2D eigenvalue weighted by Crippen LogP contribution is 2.19. The van der Waals surface area contributed by atoms with Gasteiger partial charge in [-0.25, -0.2) is 4.79 Å². The van der Waals surface area contributed by atoms with Crippen LogP contribution in [0.3, 0.4) is 0 Å². The smallest absolute Gasteiger partial charge is 0.342 e. The molecule has 3 rings (SSSR count). The van der Waals surface area contributed by atoms with Crippen molar-refractivity contribution in [1.29, 1.82) is 0 Å². The molecule has 5 heteroatoms. The molecular weight excluding hydrogens is 354 g/mol. The summed E-state index contributed by atoms with van der Waals surface area (Å²) in [6.07, 6.45) is 0. The normalized spacial score (nSPS) is 10.2. The van der Waals surface area contributed by atoms with E-state index in [4.69, 9.17) is 9.47 Å². The molecule has 5 nitrogen and oxygen atoms in total. The zero-order chi connectivity index (χ0) is 19.8. The van der Waals surface area contributed by atoms with Gasteiger partial charge >= 0.3 is 5.97 Å². The quantitative estimate of drug-likeness (QED) is 0.608. The number of rotatable bonds is 7. The van der Waals surface area contributed by atoms with E-state index < -0.39 is 5.97 Å². The average Bonchev–Trinajstić information content (AvgIpc) is 2.74. The number of ether oxygens (including phenoxy) is 2. The Morgan fingerprint density at radius 2 is 1.54 bits per heavy atom. The number of hydrogen-bond acceptors (Lipinski definition) is 4. The van der Waals surface area contributed by atoms with Gasteiger partial charge in [0.05, 0.1) is 6.61 Å². The molecule has 0 aliphatic heterocycles. The van der Waals surface area contributed by atoms with Crippen LogP contribution in [0.5, 0.6) is 5.75 Å². The van der Waals surface area contributed by atoms with Crippen molar-refractivity contribution >= 4 is 17.6 Å². The van der Waals surface area contributed by atoms with Crippen molar-refractivity contribution in [2.75, 3.05) is 11.9 Å². The third kappa shape index (κ3) is 4.98. The minimum absolute atomic E-state index is 0.111. The first-order valence-electron chi connectivity index (χ1n) is 9.01. The second-order valence-electron chi connectivity index (χ2n) is 6.02. The van der Waals surface area contributed by atoms with Crippen LogP contribution >= 0.6 is 0 Å². The van der Waals surface area contributed by atoms with Gasteiger partial charge in [-0.05, 0) is 48.9 Å². The van der Waals surface area contributed by atoms with Crippen LogP contribution in [0.15, 0.2) is 78.9 Å². The Labute approximate surface area is 163 Å². The molecule has 0 saturated heterocycles. The Kier molecular flexibility index (Phi) is 6.41. The summed E-state index contributed by atoms with van der Waals surface area (Å²) in [4.78, 5) is 24.6. The Hall–Kier alpha value is -3.60. The van der Waals surface area contributed by atoms with E-state index >= 15 is 0 Å². The number of hydrogen-bond donors (Lipinski definition) is 1. The van der Waals surface area contributed by atoms with E-state index in [9.17, 15) is 9.59 Å². The molecule has 0 aliphatic carbocycles. The van der Waals surface area contributed by atoms with Crippen molar-refractivity contribution in [2.24, 2.45) is 0 Å². The molecule has 0 aliphatic rings. The summed E-state index contributed by atoms with van der Waals surface area (Å²) in [7, 11) is 0. The maximum atomic E-state index is 12.3. The summed E-state index contributed by atoms with van der Waals surface area (Å²) in [5.41, 5.74) is 2.45. The van der Waals surface area contributed by atoms with E-state index in [2.05, 4.69) is 5.32 Å². The van der Waals surface area contributed by atoms with Gasteiger partial charge in [0, 0.05) is 11.3 Å². The predicted molar refractivity (Wildman–Crippen MR) is 108 cm³/mol. The molecule has 0 atom stereocenters. The van der Waals surface area contributed by atoms with Crippen molar-refractivity contribution in [3.63, 3.8) is 0 Å². The maximum absolute atomic E-state index is 12.3. The van der Waals surface area contributed by atoms with Crippen LogP contribution in [-0.4, -0.2) is 18.5 Å². The molecule has 0 aromatic heterocycles. The first-order valence-corrected chi connectivity index (χ1v) is 9.01. The lowest BCUT2D eigenvalue weighted by atomic mass is 10.1. The van der Waals surface area contributed by atoms with Gasteiger partial charge in [0.2, 0.25) is 0 Å². The maximum Gasteiger partial charge on any atom is 0.342 e. The molecule has 3 aromatic carbocycles. The van der Waals surface area contributed by atoms with Gasteiger partial charge in [-0.15, -0.1) is 0 Å². The predicted octanol–water partition coefficient (Wildman–Crippen LogP) is 4.69. The van der Waals surface area contributed by atoms with Crippen LogP contribution in [0.4, 0.5) is 5.69 Å². The van der Waals surface area contributed by atoms with Gasteiger partial charge in [0.15, 0.2) is 0 Å². The minimum Gasteiger partial charge on any atom is -0.493 e. The van der Waals surface area contributed by atoms with E-state index in [0.29, 0.717) is 23.5 Å². The number of anilines is 1. The number of carbonyl (C=O) groups is 2. The minimum atomic E-state index is -0.449. The molecule has 28 heavy (non-hydrogen) atoms. The van der Waals surface area contributed by atoms with Crippen molar-refractivity contribution in [2.45, 2.75) is 13.5 Å². The summed E-state index contributed by atoms with van der Waals surface area (Å²) in [6.45, 7) is 2.44. The molecule has 1 amide bonds. The first-order chi connectivity index (χ1) is 13.7. The van der Waals surface area contributed by atoms with Crippen molar-refractivity contribution in [3.8, 4) is 5.75 Å². The van der Waals surface area contributed by atoms with E-state index in [1.165, 1.54) is 0 Å². The van der Waals surface area contributed by atoms with E-state index in [-0.39, 0.29) is 12.5 Å². The van der Waals surface area contributed by atoms with Gasteiger partial charge in [-0.1, -0.05) is 42.5 Å². The first kappa shape index (κ1) is 19.2. The van der Waals surface area contributed by atoms with Crippen LogP contribution in [0.25, 0.3) is 0 Å². The van der Waals surface area contributed by atoms with Crippen LogP contribution in [0, 0.1) is 0 Å². The second kappa shape index (κ2) is 9.37. The summed E-state index contributed by atoms with van der Waals surface area (Å²) in [5, 5.41) is 2.83. The molecule has 0 fully saturated rings. The number of amides is 1. The van der Waals surface area contributed by atoms with E-state index in [1.54, 1.807) is 48.5 Å². The molecule has 0 spiro atoms. The second-order valence-corrected chi connectivity index (χ2v) is 6.02. The largest absolute Gasteiger partial charge is 0.493 e. The van der Waals surface area contributed by atoms with Gasteiger partial charge < -0.3 is 14.8 Å². The van der Waals surface area contributed by atoms with Crippen molar-refractivity contribution in [3.05, 3.63) is 95.6 Å². The Bertz CT molecular complexity index is 936. The van der Waals surface area contributed by atoms with E-state index in [1.807, 2.05) is 37.3 Å². The lowest BCUT2D eigenvalue weighted by molar-refractivity contribution is 0.0468. The molecular formula is C23H21NO4. The molecule has 3 aromatic rings. The number of esters is 1. The molecule has 0 saturated carbocycles. The zero-order valence-electron chi connectivity index (χ0n) is 15.6. The zero-order valence-corrected chi connectivity index (χ0v) is 15.6. The van der Waals surface area contributed by atoms with E-state index in [0.717, 1.165) is 11.3 Å². The third-order valence-corrected chi connectivity index (χ3v) is 4.02. The fourth-order valence-corrected chi connectivity index (χ4v) is 2.62. The lowest BCUT2D eigenvalue weighted by Gasteiger charge is -2.10. The van der Waals surface area contributed by atoms with Crippen LogP contribution in [0.1, 0.15) is 33.2 Å². The molecule has 0 bridgehead atoms. The lowest BCUT2D eigenvalue weighted by Crippen LogP contribution is -2.12. The summed E-state index contributed by atoms with van der Waals surface area (Å²) >= 11 is 0. The van der Waals surface area contributed by atoms with Crippen LogP contribution in [0.2, 0.25) is 0 Å². The fourth-order valence-electron chi connectivity index (χ4n) is 2.62. The number of nitrogens with one attached hydrogen (secondary N) is 1. The number of benzene rings is 3. The fraction of sp³-hybridized carbons (Fsp3) is 0.130. The Morgan fingerprint density at radius 3 is 2.25 bits per heavy atom. The standard InChI is InChI=1S/C23H21NO4/c1-2-27-21-11-7-6-10-20(21)23(26)28-16-17-12-14-18(15-13-17)22(25)24-19-8-4-3-5-9-19/h3-15H,2,16H2,1H3,(H,24,25). The SMILES string of the molecule is CCOc1ccccc1C(=O)OCc1ccc(C(=O)Nc2ccccc2)cc1. The summed E-state index contributed by atoms with van der Waals surface area (Å²) in [5.74, 6) is -0.140. The topological polar surface area (TPSA) is 64.6 Å². The van der Waals surface area contributed by atoms with Gasteiger partial charge in [-0.2, -0.15) is 0 Å². The Morgan fingerprint density at radius 1 is 0.857 bits per heavy atom. The van der Waals surface area contributed by atoms with Crippen LogP contribution < -0.4 is 10.1 Å². The average molecular weight is 375 g/mol. The van der Waals surface area contributed by atoms with Crippen LogP contribution in [-0.2, 0) is 11.3 Å². The highest BCUT2D eigenvalue weighted by atomic mass is 16.5. The van der Waals surface area contributed by atoms with Crippen molar-refractivity contribution < 1.29 is 19.1 Å². The summed E-state index contributed by atoms with van der Waals surface area (Å²) in [6, 6.07) is 23.2. The van der Waals surface area contributed by atoms with Gasteiger partial charge in [-0.3, -0.25) is 4.79 Å². The monoisotopic (exact) mass is 375 g/mol. The number of carbonyl (C=O) groups excluding carboxylic acids is 2. The third-order valence-electron chi connectivity index (χ3n) is 4.02. The highest BCUT2D eigenvalue weighted by Gasteiger charge is 2.13. The molecule has 1 N–H and O–H groups in total. The highest BCUT2D eigenvalue weighted by molar-refractivity contribution is 6.04. The molecule has 0 unspecified atom stereocenters. The molecule has 0 heterocycles. The van der Waals surface area contributed by atoms with Crippen molar-refractivity contribution in [1.82, 2.24) is 0 Å². The molecule has 0 radical (unpaired) electrons. The van der Waals surface area contributed by atoms with Gasteiger partial charge in [0.25, 0.3) is 5.91 Å². The van der Waals surface area contributed by atoms with Gasteiger partial charge in [0.1, 0.15) is 17.9 Å². The summed E-state index contributed by atoms with van der Waals surface area (Å²) < 4.78 is 10.8. The Balaban J connectivity index is 1.59. The number of para-hydroxylation sites is 2. The molecule has 142 valence electrons.